The third-order valence-electron chi connectivity index (χ3n) is 4.20. The number of hydrogen-bond donors (Lipinski definition) is 0. The van der Waals surface area contributed by atoms with E-state index in [1.807, 2.05) is 30.0 Å². The summed E-state index contributed by atoms with van der Waals surface area (Å²) >= 11 is 1.52. The van der Waals surface area contributed by atoms with E-state index in [4.69, 9.17) is 9.62 Å². The zero-order valence-electron chi connectivity index (χ0n) is 14.6. The molecule has 0 aliphatic rings. The van der Waals surface area contributed by atoms with Crippen molar-refractivity contribution in [2.75, 3.05) is 0 Å². The van der Waals surface area contributed by atoms with Crippen LogP contribution >= 0.6 is 11.3 Å². The maximum Gasteiger partial charge on any atom is 0.234 e. The third-order valence-corrected chi connectivity index (χ3v) is 5.13. The van der Waals surface area contributed by atoms with Crippen LogP contribution in [0, 0.1) is 20.8 Å². The van der Waals surface area contributed by atoms with E-state index in [0.717, 1.165) is 57.0 Å². The number of fused-ring (bicyclic) bond motifs is 1. The Morgan fingerprint density at radius 1 is 1.12 bits per heavy atom. The highest BCUT2D eigenvalue weighted by Gasteiger charge is 2.19. The van der Waals surface area contributed by atoms with Crippen LogP contribution in [0.15, 0.2) is 10.7 Å². The van der Waals surface area contributed by atoms with Crippen molar-refractivity contribution in [3.63, 3.8) is 0 Å². The van der Waals surface area contributed by atoms with Gasteiger partial charge >= 0.3 is 0 Å². The van der Waals surface area contributed by atoms with Crippen LogP contribution in [-0.2, 0) is 13.0 Å². The number of rotatable bonds is 5. The van der Waals surface area contributed by atoms with Gasteiger partial charge in [0.05, 0.1) is 17.0 Å². The van der Waals surface area contributed by atoms with Crippen LogP contribution in [0.4, 0.5) is 0 Å². The van der Waals surface area contributed by atoms with Gasteiger partial charge in [-0.05, 0) is 27.2 Å². The second-order valence-corrected chi connectivity index (χ2v) is 7.04. The van der Waals surface area contributed by atoms with Crippen molar-refractivity contribution in [3.8, 4) is 10.6 Å². The van der Waals surface area contributed by atoms with Crippen molar-refractivity contribution < 1.29 is 4.52 Å². The summed E-state index contributed by atoms with van der Waals surface area (Å²) in [5.74, 6) is 1.59. The second-order valence-electron chi connectivity index (χ2n) is 6.09. The van der Waals surface area contributed by atoms with Gasteiger partial charge in [-0.15, -0.1) is 10.2 Å². The molecule has 0 saturated carbocycles. The van der Waals surface area contributed by atoms with E-state index in [9.17, 15) is 0 Å². The fourth-order valence-corrected chi connectivity index (χ4v) is 3.78. The van der Waals surface area contributed by atoms with Crippen LogP contribution in [-0.4, -0.2) is 34.7 Å². The Bertz CT molecular complexity index is 1020. The van der Waals surface area contributed by atoms with Crippen LogP contribution in [0.25, 0.3) is 15.5 Å². The summed E-state index contributed by atoms with van der Waals surface area (Å²) in [5, 5.41) is 22.7. The first-order valence-corrected chi connectivity index (χ1v) is 9.05. The molecule has 4 rings (SSSR count). The predicted molar refractivity (Wildman–Crippen MR) is 93.7 cm³/mol. The lowest BCUT2D eigenvalue weighted by Gasteiger charge is -1.96. The lowest BCUT2D eigenvalue weighted by atomic mass is 10.1. The minimum absolute atomic E-state index is 0.597. The molecule has 9 heteroatoms. The third kappa shape index (κ3) is 2.74. The number of aromatic nitrogens is 7. The topological polar surface area (TPSA) is 86.9 Å². The van der Waals surface area contributed by atoms with Crippen LogP contribution < -0.4 is 0 Å². The number of hydrogen-bond acceptors (Lipinski definition) is 7. The average Bonchev–Trinajstić information content (AvgIpc) is 3.30. The van der Waals surface area contributed by atoms with Gasteiger partial charge in [0, 0.05) is 24.7 Å². The Morgan fingerprint density at radius 2 is 1.96 bits per heavy atom. The van der Waals surface area contributed by atoms with Crippen LogP contribution in [0.3, 0.4) is 0 Å². The number of aryl methyl sites for hydroxylation is 4. The summed E-state index contributed by atoms with van der Waals surface area (Å²) in [6.45, 7) is 8.89. The summed E-state index contributed by atoms with van der Waals surface area (Å²) in [6.07, 6.45) is 3.70. The molecule has 4 heterocycles. The first kappa shape index (κ1) is 15.9. The van der Waals surface area contributed by atoms with Crippen LogP contribution in [0.2, 0.25) is 0 Å². The van der Waals surface area contributed by atoms with Gasteiger partial charge in [0.15, 0.2) is 10.8 Å². The highest BCUT2D eigenvalue weighted by molar-refractivity contribution is 7.19. The Hall–Kier alpha value is -2.55. The molecule has 0 fully saturated rings. The Morgan fingerprint density at radius 3 is 2.68 bits per heavy atom. The largest absolute Gasteiger partial charge is 0.361 e. The Kier molecular flexibility index (Phi) is 3.87. The molecule has 0 radical (unpaired) electrons. The first-order chi connectivity index (χ1) is 12.1. The SMILES string of the molecule is CCCn1cc(-c2nn3c(Cc4c(C)noc4C)nnc3s2)c(C)n1. The van der Waals surface area contributed by atoms with Crippen molar-refractivity contribution in [1.82, 2.24) is 34.7 Å². The van der Waals surface area contributed by atoms with E-state index >= 15 is 0 Å². The fraction of sp³-hybridized carbons (Fsp3) is 0.438. The Balaban J connectivity index is 1.71. The lowest BCUT2D eigenvalue weighted by molar-refractivity contribution is 0.392. The fourth-order valence-electron chi connectivity index (χ4n) is 2.86. The molecule has 0 aliphatic heterocycles. The molecule has 0 amide bonds. The molecule has 0 atom stereocenters. The van der Waals surface area contributed by atoms with Crippen molar-refractivity contribution in [3.05, 3.63) is 34.7 Å². The van der Waals surface area contributed by atoms with Gasteiger partial charge in [-0.2, -0.15) is 14.7 Å². The molecule has 0 bridgehead atoms. The molecule has 25 heavy (non-hydrogen) atoms. The van der Waals surface area contributed by atoms with E-state index in [1.54, 1.807) is 0 Å². The minimum atomic E-state index is 0.597. The maximum absolute atomic E-state index is 5.24. The van der Waals surface area contributed by atoms with E-state index in [2.05, 4.69) is 33.6 Å². The second kappa shape index (κ2) is 6.07. The van der Waals surface area contributed by atoms with E-state index < -0.39 is 0 Å². The van der Waals surface area contributed by atoms with Crippen molar-refractivity contribution in [1.29, 1.82) is 0 Å². The predicted octanol–water partition coefficient (Wildman–Crippen LogP) is 2.96. The first-order valence-electron chi connectivity index (χ1n) is 8.24. The zero-order chi connectivity index (χ0) is 17.6. The molecule has 0 spiro atoms. The molecule has 4 aromatic rings. The molecular weight excluding hydrogens is 338 g/mol. The van der Waals surface area contributed by atoms with Crippen molar-refractivity contribution >= 4 is 16.3 Å². The van der Waals surface area contributed by atoms with Crippen LogP contribution in [0.1, 0.15) is 41.9 Å². The van der Waals surface area contributed by atoms with Crippen molar-refractivity contribution in [2.24, 2.45) is 0 Å². The highest BCUT2D eigenvalue weighted by atomic mass is 32.1. The molecule has 0 saturated heterocycles. The van der Waals surface area contributed by atoms with Gasteiger partial charge in [0.25, 0.3) is 0 Å². The molecule has 0 N–H and O–H groups in total. The van der Waals surface area contributed by atoms with E-state index in [0.29, 0.717) is 6.42 Å². The van der Waals surface area contributed by atoms with Gasteiger partial charge in [-0.25, -0.2) is 0 Å². The molecule has 130 valence electrons. The molecule has 0 aliphatic carbocycles. The van der Waals surface area contributed by atoms with Gasteiger partial charge in [-0.1, -0.05) is 23.4 Å². The molecule has 4 aromatic heterocycles. The number of nitrogens with zero attached hydrogens (tertiary/aromatic N) is 7. The summed E-state index contributed by atoms with van der Waals surface area (Å²) in [4.78, 5) is 0.777. The molecule has 0 aromatic carbocycles. The normalized spacial score (nSPS) is 11.7. The quantitative estimate of drug-likeness (QED) is 0.546. The smallest absolute Gasteiger partial charge is 0.234 e. The zero-order valence-corrected chi connectivity index (χ0v) is 15.5. The van der Waals surface area contributed by atoms with E-state index in [1.165, 1.54) is 11.3 Å². The standard InChI is InChI=1S/C16H19N7OS/c1-5-6-22-8-13(9(2)19-22)15-20-23-14(17-18-16(23)25-15)7-12-10(3)21-24-11(12)4/h8H,5-7H2,1-4H3. The summed E-state index contributed by atoms with van der Waals surface area (Å²) in [6, 6.07) is 0. The minimum Gasteiger partial charge on any atom is -0.361 e. The Labute approximate surface area is 148 Å². The monoisotopic (exact) mass is 357 g/mol. The molecule has 0 unspecified atom stereocenters. The molecular formula is C16H19N7OS. The highest BCUT2D eigenvalue weighted by Crippen LogP contribution is 2.28. The van der Waals surface area contributed by atoms with Gasteiger partial charge in [-0.3, -0.25) is 4.68 Å². The van der Waals surface area contributed by atoms with Gasteiger partial charge in [0.1, 0.15) is 5.76 Å². The summed E-state index contributed by atoms with van der Waals surface area (Å²) in [7, 11) is 0. The average molecular weight is 357 g/mol. The summed E-state index contributed by atoms with van der Waals surface area (Å²) < 4.78 is 9.01. The lowest BCUT2D eigenvalue weighted by Crippen LogP contribution is -1.99. The molecule has 8 nitrogen and oxygen atoms in total. The maximum atomic E-state index is 5.24. The van der Waals surface area contributed by atoms with Gasteiger partial charge in [0.2, 0.25) is 4.96 Å². The van der Waals surface area contributed by atoms with Crippen LogP contribution in [0.5, 0.6) is 0 Å². The van der Waals surface area contributed by atoms with Crippen molar-refractivity contribution in [2.45, 2.75) is 47.1 Å². The summed E-state index contributed by atoms with van der Waals surface area (Å²) in [5.41, 5.74) is 3.94. The van der Waals surface area contributed by atoms with Gasteiger partial charge < -0.3 is 4.52 Å². The van der Waals surface area contributed by atoms with E-state index in [-0.39, 0.29) is 0 Å².